The van der Waals surface area contributed by atoms with Gasteiger partial charge in [0.05, 0.1) is 43.5 Å². The maximum Gasteiger partial charge on any atom is 0.427 e. The molecule has 2 saturated carbocycles. The van der Waals surface area contributed by atoms with Crippen molar-refractivity contribution >= 4 is 50.3 Å². The number of morpholine rings is 1. The number of hydrogen-bond donors (Lipinski definition) is 3. The van der Waals surface area contributed by atoms with E-state index in [0.717, 1.165) is 11.1 Å². The third kappa shape index (κ3) is 9.58. The Morgan fingerprint density at radius 1 is 1.09 bits per heavy atom. The fourth-order valence-electron chi connectivity index (χ4n) is 8.88. The van der Waals surface area contributed by atoms with E-state index in [2.05, 4.69) is 20.3 Å². The van der Waals surface area contributed by atoms with E-state index in [1.54, 1.807) is 45.4 Å². The molecule has 4 fully saturated rings. The standard InChI is InChI=1S/C44H59F3N6O10S/c1-7-27-20-26(2)10-8-9-11-28-23-43(28,39(56)51-64(58,59)42(5)14-15-42)50-36(54)33-22-30(25-53(33)38(55)35(27)49-40(57)63-41(3,4)44(45,46)47)62-37-31-13-12-29(60-6)21-32(31)34(24-48-37)52-16-18-61-19-17-52/h9,11-13,21,24,26-28,30,33,35H,7-8,10,14-20,22-23,25H2,1-6H3,(H,49,57)(H,50,54)(H,51,56)/t26-,27+,28+,30+,33-,35-,43+/m0/s1. The van der Waals surface area contributed by atoms with Gasteiger partial charge >= 0.3 is 12.3 Å². The Morgan fingerprint density at radius 2 is 1.81 bits per heavy atom. The Kier molecular flexibility index (Phi) is 13.1. The van der Waals surface area contributed by atoms with E-state index in [0.29, 0.717) is 89.8 Å². The summed E-state index contributed by atoms with van der Waals surface area (Å²) in [6, 6.07) is 2.64. The first-order valence-electron chi connectivity index (χ1n) is 22.0. The summed E-state index contributed by atoms with van der Waals surface area (Å²) in [5.74, 6) is -2.84. The molecule has 1 aromatic heterocycles. The van der Waals surface area contributed by atoms with E-state index in [9.17, 15) is 36.0 Å². The van der Waals surface area contributed by atoms with Gasteiger partial charge in [-0.3, -0.25) is 19.1 Å². The molecule has 2 saturated heterocycles. The van der Waals surface area contributed by atoms with Gasteiger partial charge in [0.1, 0.15) is 29.5 Å². The maximum absolute atomic E-state index is 15.1. The molecular formula is C44H59F3N6O10S. The highest BCUT2D eigenvalue weighted by atomic mass is 32.2. The molecule has 20 heteroatoms. The van der Waals surface area contributed by atoms with E-state index in [1.807, 2.05) is 19.1 Å². The van der Waals surface area contributed by atoms with Crippen molar-refractivity contribution in [3.63, 3.8) is 0 Å². The van der Waals surface area contributed by atoms with Gasteiger partial charge in [0.25, 0.3) is 5.91 Å². The van der Waals surface area contributed by atoms with Crippen molar-refractivity contribution in [3.05, 3.63) is 36.5 Å². The minimum atomic E-state index is -4.92. The second kappa shape index (κ2) is 17.9. The van der Waals surface area contributed by atoms with Crippen molar-refractivity contribution in [3.8, 4) is 11.6 Å². The number of pyridine rings is 1. The number of carbonyl (C=O) groups is 4. The molecule has 7 atom stereocenters. The number of allylic oxidation sites excluding steroid dienone is 1. The number of carbonyl (C=O) groups excluding carboxylic acids is 4. The number of fused-ring (bicyclic) bond motifs is 3. The van der Waals surface area contributed by atoms with Gasteiger partial charge in [-0.05, 0) is 89.3 Å². The van der Waals surface area contributed by atoms with Crippen molar-refractivity contribution in [2.75, 3.05) is 44.9 Å². The maximum atomic E-state index is 15.1. The molecule has 4 heterocycles. The Morgan fingerprint density at radius 3 is 2.47 bits per heavy atom. The Labute approximate surface area is 371 Å². The van der Waals surface area contributed by atoms with Crippen LogP contribution in [0.25, 0.3) is 10.8 Å². The van der Waals surface area contributed by atoms with Crippen molar-refractivity contribution in [1.29, 1.82) is 0 Å². The van der Waals surface area contributed by atoms with Crippen LogP contribution in [0, 0.1) is 17.8 Å². The number of sulfonamides is 1. The van der Waals surface area contributed by atoms with Crippen LogP contribution in [0.15, 0.2) is 36.5 Å². The molecule has 3 aliphatic heterocycles. The number of hydrogen-bond acceptors (Lipinski definition) is 12. The quantitative estimate of drug-likeness (QED) is 0.266. The number of ether oxygens (including phenoxy) is 4. The normalized spacial score (nSPS) is 28.8. The summed E-state index contributed by atoms with van der Waals surface area (Å²) in [7, 11) is -2.54. The highest BCUT2D eigenvalue weighted by molar-refractivity contribution is 7.91. The monoisotopic (exact) mass is 920 g/mol. The zero-order chi connectivity index (χ0) is 46.4. The second-order valence-corrected chi connectivity index (χ2v) is 20.8. The van der Waals surface area contributed by atoms with Crippen molar-refractivity contribution in [2.24, 2.45) is 17.8 Å². The highest BCUT2D eigenvalue weighted by Crippen LogP contribution is 2.48. The van der Waals surface area contributed by atoms with Crippen LogP contribution in [0.1, 0.15) is 86.0 Å². The molecule has 0 unspecified atom stereocenters. The number of alkyl halides is 3. The van der Waals surface area contributed by atoms with Crippen LogP contribution >= 0.6 is 0 Å². The third-order valence-corrected chi connectivity index (χ3v) is 15.7. The Hall–Kier alpha value is -4.85. The lowest BCUT2D eigenvalue weighted by Crippen LogP contribution is -2.60. The average molecular weight is 921 g/mol. The number of anilines is 1. The van der Waals surface area contributed by atoms with Gasteiger partial charge in [-0.15, -0.1) is 0 Å². The first-order chi connectivity index (χ1) is 30.1. The lowest BCUT2D eigenvalue weighted by atomic mass is 9.85. The molecule has 0 radical (unpaired) electrons. The first-order valence-corrected chi connectivity index (χ1v) is 23.5. The smallest absolute Gasteiger partial charge is 0.427 e. The molecule has 4 amide bonds. The van der Waals surface area contributed by atoms with Gasteiger partial charge in [-0.2, -0.15) is 13.2 Å². The largest absolute Gasteiger partial charge is 0.497 e. The van der Waals surface area contributed by atoms with Crippen LogP contribution in [-0.2, 0) is 33.9 Å². The topological polar surface area (TPSA) is 195 Å². The average Bonchev–Trinajstić information content (AvgIpc) is 4.13. The molecule has 2 aliphatic carbocycles. The number of rotatable bonds is 10. The van der Waals surface area contributed by atoms with Crippen LogP contribution in [0.3, 0.4) is 0 Å². The number of nitrogens with one attached hydrogen (secondary N) is 3. The second-order valence-electron chi connectivity index (χ2n) is 18.6. The summed E-state index contributed by atoms with van der Waals surface area (Å²) in [5, 5.41) is 6.68. The van der Waals surface area contributed by atoms with E-state index in [-0.39, 0.29) is 31.2 Å². The molecule has 0 spiro atoms. The SMILES string of the molecule is CC[C@@H]1C[C@@H](C)CCC=C[C@@H]2C[C@@]2(C(=O)NS(=O)(=O)C2(C)CC2)NC(=O)[C@@H]2C[C@@H](Oc3ncc(N4CCOCC4)c4cc(OC)ccc34)CN2C(=O)[C@H]1NC(=O)OC(C)(C)C(F)(F)F. The van der Waals surface area contributed by atoms with E-state index < -0.39 is 85.9 Å². The summed E-state index contributed by atoms with van der Waals surface area (Å²) in [5.41, 5.74) is -3.73. The number of amides is 4. The van der Waals surface area contributed by atoms with Gasteiger partial charge in [-0.25, -0.2) is 18.2 Å². The molecule has 0 bridgehead atoms. The molecule has 352 valence electrons. The Bertz CT molecular complexity index is 2270. The van der Waals surface area contributed by atoms with Crippen LogP contribution in [0.5, 0.6) is 11.6 Å². The van der Waals surface area contributed by atoms with Gasteiger partial charge in [0.2, 0.25) is 33.3 Å². The van der Waals surface area contributed by atoms with Crippen LogP contribution in [0.2, 0.25) is 0 Å². The molecule has 16 nitrogen and oxygen atoms in total. The number of methoxy groups -OCH3 is 1. The minimum Gasteiger partial charge on any atom is -0.497 e. The lowest BCUT2D eigenvalue weighted by molar-refractivity contribution is -0.244. The number of halogens is 3. The zero-order valence-corrected chi connectivity index (χ0v) is 37.9. The van der Waals surface area contributed by atoms with Crippen LogP contribution in [-0.4, -0.2) is 122 Å². The van der Waals surface area contributed by atoms with Crippen LogP contribution in [0.4, 0.5) is 23.7 Å². The number of alkyl carbamates (subject to hydrolysis) is 1. The van der Waals surface area contributed by atoms with Gasteiger partial charge in [-0.1, -0.05) is 32.4 Å². The highest BCUT2D eigenvalue weighted by Gasteiger charge is 2.63. The van der Waals surface area contributed by atoms with Crippen LogP contribution < -0.4 is 29.7 Å². The summed E-state index contributed by atoms with van der Waals surface area (Å²) < 4.78 is 92.0. The van der Waals surface area contributed by atoms with Crippen molar-refractivity contribution < 1.29 is 59.7 Å². The minimum absolute atomic E-state index is 0.0419. The van der Waals surface area contributed by atoms with Crippen molar-refractivity contribution in [2.45, 2.75) is 126 Å². The molecule has 2 aromatic rings. The molecule has 3 N–H and O–H groups in total. The predicted molar refractivity (Wildman–Crippen MR) is 229 cm³/mol. The number of aromatic nitrogens is 1. The number of benzene rings is 1. The number of nitrogens with zero attached hydrogens (tertiary/aromatic N) is 3. The predicted octanol–water partition coefficient (Wildman–Crippen LogP) is 5.14. The summed E-state index contributed by atoms with van der Waals surface area (Å²) in [6.07, 6.45) is 0.668. The van der Waals surface area contributed by atoms with E-state index in [1.165, 1.54) is 4.90 Å². The Balaban J connectivity index is 1.25. The summed E-state index contributed by atoms with van der Waals surface area (Å²) in [4.78, 5) is 65.3. The summed E-state index contributed by atoms with van der Waals surface area (Å²) in [6.45, 7) is 8.80. The van der Waals surface area contributed by atoms with Gasteiger partial charge in [0.15, 0.2) is 0 Å². The van der Waals surface area contributed by atoms with Gasteiger partial charge in [0, 0.05) is 36.2 Å². The molecule has 7 rings (SSSR count). The zero-order valence-electron chi connectivity index (χ0n) is 37.1. The fraction of sp³-hybridized carbons (Fsp3) is 0.659. The van der Waals surface area contributed by atoms with E-state index >= 15 is 4.79 Å². The first kappa shape index (κ1) is 47.1. The van der Waals surface area contributed by atoms with Gasteiger partial charge < -0.3 is 39.4 Å². The molecule has 5 aliphatic rings. The fourth-order valence-corrected chi connectivity index (χ4v) is 10.2. The molecular weight excluding hydrogens is 862 g/mol. The van der Waals surface area contributed by atoms with Crippen molar-refractivity contribution in [1.82, 2.24) is 25.2 Å². The third-order valence-electron chi connectivity index (χ3n) is 13.6. The summed E-state index contributed by atoms with van der Waals surface area (Å²) >= 11 is 0. The lowest BCUT2D eigenvalue weighted by Gasteiger charge is -2.35. The van der Waals surface area contributed by atoms with E-state index in [4.69, 9.17) is 23.9 Å². The molecule has 64 heavy (non-hydrogen) atoms. The molecule has 1 aromatic carbocycles.